The van der Waals surface area contributed by atoms with Crippen LogP contribution in [0.3, 0.4) is 0 Å². The number of hydrogen-bond acceptors (Lipinski definition) is 6. The van der Waals surface area contributed by atoms with Crippen molar-refractivity contribution in [3.8, 4) is 0 Å². The van der Waals surface area contributed by atoms with Crippen molar-refractivity contribution < 1.29 is 18.5 Å². The zero-order valence-corrected chi connectivity index (χ0v) is 17.3. The van der Waals surface area contributed by atoms with Crippen LogP contribution in [-0.2, 0) is 4.79 Å². The molecule has 0 aromatic carbocycles. The molecule has 0 aromatic heterocycles. The average Bonchev–Trinajstić information content (AvgIpc) is 2.70. The number of nitro groups is 1. The van der Waals surface area contributed by atoms with Crippen molar-refractivity contribution >= 4 is 18.0 Å². The van der Waals surface area contributed by atoms with Gasteiger partial charge in [0, 0.05) is 44.4 Å². The Morgan fingerprint density at radius 3 is 2.48 bits per heavy atom. The van der Waals surface area contributed by atoms with Gasteiger partial charge in [-0.3, -0.25) is 9.79 Å². The number of aliphatic imine (C=N–C) groups is 1. The highest BCUT2D eigenvalue weighted by molar-refractivity contribution is 5.85. The molecule has 1 rings (SSSR count). The van der Waals surface area contributed by atoms with Crippen LogP contribution in [0, 0.1) is 21.4 Å². The van der Waals surface area contributed by atoms with Crippen molar-refractivity contribution in [1.29, 1.82) is 5.41 Å². The Labute approximate surface area is 170 Å². The predicted octanol–water partition coefficient (Wildman–Crippen LogP) is 3.28. The van der Waals surface area contributed by atoms with E-state index >= 15 is 0 Å². The van der Waals surface area contributed by atoms with Gasteiger partial charge in [0.2, 0.25) is 5.91 Å². The third-order valence-electron chi connectivity index (χ3n) is 4.15. The zero-order chi connectivity index (χ0) is 22.4. The molecule has 1 amide bonds. The summed E-state index contributed by atoms with van der Waals surface area (Å²) in [5, 5.41) is 20.5. The predicted molar refractivity (Wildman–Crippen MR) is 110 cm³/mol. The summed E-state index contributed by atoms with van der Waals surface area (Å²) in [4.78, 5) is 27.8. The number of amidine groups is 1. The van der Waals surface area contributed by atoms with Gasteiger partial charge in [-0.1, -0.05) is 19.9 Å². The number of carbonyl (C=O) groups is 1. The van der Waals surface area contributed by atoms with Crippen molar-refractivity contribution in [3.05, 3.63) is 34.5 Å². The van der Waals surface area contributed by atoms with E-state index < -0.39 is 28.5 Å². The summed E-state index contributed by atoms with van der Waals surface area (Å²) in [6.07, 6.45) is 3.57. The smallest absolute Gasteiger partial charge is 0.332 e. The van der Waals surface area contributed by atoms with Gasteiger partial charge in [-0.15, -0.1) is 12.0 Å². The van der Waals surface area contributed by atoms with Gasteiger partial charge < -0.3 is 20.3 Å². The summed E-state index contributed by atoms with van der Waals surface area (Å²) in [6.45, 7) is 10.3. The second kappa shape index (κ2) is 13.5. The highest BCUT2D eigenvalue weighted by Crippen LogP contribution is 2.29. The van der Waals surface area contributed by atoms with E-state index in [4.69, 9.17) is 5.41 Å². The van der Waals surface area contributed by atoms with Crippen molar-refractivity contribution in [2.45, 2.75) is 46.0 Å². The van der Waals surface area contributed by atoms with E-state index in [-0.39, 0.29) is 38.9 Å². The lowest BCUT2D eigenvalue weighted by Crippen LogP contribution is -2.42. The lowest BCUT2D eigenvalue weighted by atomic mass is 10.0. The van der Waals surface area contributed by atoms with Crippen molar-refractivity contribution in [2.75, 3.05) is 26.2 Å². The summed E-state index contributed by atoms with van der Waals surface area (Å²) >= 11 is 0. The Bertz CT molecular complexity index is 625. The van der Waals surface area contributed by atoms with Crippen molar-refractivity contribution in [1.82, 2.24) is 10.2 Å². The Kier molecular flexibility index (Phi) is 12.3. The highest BCUT2D eigenvalue weighted by atomic mass is 19.3. The van der Waals surface area contributed by atoms with Crippen molar-refractivity contribution in [3.63, 3.8) is 0 Å². The summed E-state index contributed by atoms with van der Waals surface area (Å²) in [7, 11) is 0. The van der Waals surface area contributed by atoms with Crippen LogP contribution in [0.2, 0.25) is 0 Å². The number of halogens is 2. The number of allylic oxidation sites excluding steroid dienone is 1. The van der Waals surface area contributed by atoms with Gasteiger partial charge in [0.05, 0.1) is 18.9 Å². The number of hydrogen-bond donors (Lipinski definition) is 2. The lowest BCUT2D eigenvalue weighted by molar-refractivity contribution is -0.355. The molecule has 1 aliphatic rings. The van der Waals surface area contributed by atoms with Gasteiger partial charge in [0.1, 0.15) is 0 Å². The molecule has 0 aliphatic carbocycles. The number of likely N-dealkylation sites (tertiary alicyclic amines) is 1. The monoisotopic (exact) mass is 415 g/mol. The Balaban J connectivity index is 0.00000379. The molecule has 1 aliphatic heterocycles. The number of nitrogens with one attached hydrogen (secondary N) is 2. The third kappa shape index (κ3) is 9.91. The fraction of sp³-hybridized carbons (Fsp3) is 0.632. The molecular formula is C19H31F2N5O3. The van der Waals surface area contributed by atoms with Crippen LogP contribution in [0.15, 0.2) is 29.4 Å². The van der Waals surface area contributed by atoms with E-state index in [0.29, 0.717) is 12.2 Å². The molecular weight excluding hydrogens is 384 g/mol. The summed E-state index contributed by atoms with van der Waals surface area (Å²) < 4.78 is 26.7. The number of piperidine rings is 1. The molecule has 29 heavy (non-hydrogen) atoms. The molecule has 1 heterocycles. The summed E-state index contributed by atoms with van der Waals surface area (Å²) in [5.41, 5.74) is 0.628. The quantitative estimate of drug-likeness (QED) is 0.198. The molecule has 0 saturated carbocycles. The van der Waals surface area contributed by atoms with E-state index in [9.17, 15) is 23.7 Å². The van der Waals surface area contributed by atoms with E-state index in [2.05, 4.69) is 16.9 Å². The minimum Gasteiger partial charge on any atom is -0.373 e. The molecule has 0 bridgehead atoms. The highest BCUT2D eigenvalue weighted by Gasteiger charge is 2.34. The third-order valence-corrected chi connectivity index (χ3v) is 4.15. The van der Waals surface area contributed by atoms with Crippen LogP contribution in [0.5, 0.6) is 0 Å². The van der Waals surface area contributed by atoms with Gasteiger partial charge in [0.25, 0.3) is 5.92 Å². The first-order valence-electron chi connectivity index (χ1n) is 9.64. The molecule has 0 spiro atoms. The van der Waals surface area contributed by atoms with E-state index in [0.717, 1.165) is 0 Å². The molecule has 8 nitrogen and oxygen atoms in total. The molecule has 2 N–H and O–H groups in total. The molecule has 1 fully saturated rings. The molecule has 1 saturated heterocycles. The minimum absolute atomic E-state index is 0.0658. The van der Waals surface area contributed by atoms with E-state index in [1.54, 1.807) is 17.2 Å². The minimum atomic E-state index is -2.68. The Morgan fingerprint density at radius 2 is 2.00 bits per heavy atom. The van der Waals surface area contributed by atoms with Gasteiger partial charge in [-0.05, 0) is 17.9 Å². The maximum absolute atomic E-state index is 13.4. The SMILES string of the molecule is C=CC(CC(=N)[N+](=O)[O-])C(=O)NC/C(=C\C=NCC)N1CCC(F)(F)CC1.CC. The molecule has 1 atom stereocenters. The van der Waals surface area contributed by atoms with Gasteiger partial charge in [-0.25, -0.2) is 8.78 Å². The number of carbonyl (C=O) groups excluding carboxylic acids is 1. The van der Waals surface area contributed by atoms with Crippen LogP contribution in [0.4, 0.5) is 8.78 Å². The first kappa shape index (κ1) is 26.4. The second-order valence-electron chi connectivity index (χ2n) is 6.12. The largest absolute Gasteiger partial charge is 0.373 e. The molecule has 164 valence electrons. The average molecular weight is 415 g/mol. The second-order valence-corrected chi connectivity index (χ2v) is 6.12. The lowest BCUT2D eigenvalue weighted by Gasteiger charge is -2.35. The maximum atomic E-state index is 13.4. The van der Waals surface area contributed by atoms with Gasteiger partial charge in [0.15, 0.2) is 0 Å². The van der Waals surface area contributed by atoms with Crippen LogP contribution in [0.1, 0.15) is 40.0 Å². The maximum Gasteiger partial charge on any atom is 0.332 e. The number of nitrogens with zero attached hydrogens (tertiary/aromatic N) is 3. The molecule has 10 heteroatoms. The number of rotatable bonds is 9. The molecule has 0 aromatic rings. The number of alkyl halides is 2. The van der Waals surface area contributed by atoms with Gasteiger partial charge in [-0.2, -0.15) is 0 Å². The number of amides is 1. The first-order chi connectivity index (χ1) is 13.7. The summed E-state index contributed by atoms with van der Waals surface area (Å²) in [5.74, 6) is -4.89. The standard InChI is InChI=1S/C17H25F2N5O3.C2H6/c1-3-13(11-15(20)24(26)27)16(25)22-12-14(5-8-21-4-2)23-9-6-17(18,19)7-10-23;1-2/h3,5,8,13,20H,1,4,6-7,9-12H2,2H3,(H,22,25);1-2H3/b14-5+,20-15?,21-8?;. The Morgan fingerprint density at radius 1 is 1.41 bits per heavy atom. The fourth-order valence-corrected chi connectivity index (χ4v) is 2.52. The first-order valence-corrected chi connectivity index (χ1v) is 9.64. The van der Waals surface area contributed by atoms with Crippen LogP contribution in [-0.4, -0.2) is 59.9 Å². The van der Waals surface area contributed by atoms with Crippen molar-refractivity contribution in [2.24, 2.45) is 10.9 Å². The van der Waals surface area contributed by atoms with Crippen LogP contribution >= 0.6 is 0 Å². The Hall–Kier alpha value is -2.65. The van der Waals surface area contributed by atoms with Crippen LogP contribution < -0.4 is 5.32 Å². The fourth-order valence-electron chi connectivity index (χ4n) is 2.52. The molecule has 1 unspecified atom stereocenters. The molecule has 0 radical (unpaired) electrons. The summed E-state index contributed by atoms with van der Waals surface area (Å²) in [6, 6.07) is 0. The van der Waals surface area contributed by atoms with E-state index in [1.807, 2.05) is 20.8 Å². The topological polar surface area (TPSA) is 112 Å². The normalized spacial score (nSPS) is 17.1. The van der Waals surface area contributed by atoms with E-state index in [1.165, 1.54) is 6.08 Å². The van der Waals surface area contributed by atoms with Gasteiger partial charge >= 0.3 is 5.84 Å². The van der Waals surface area contributed by atoms with Crippen LogP contribution in [0.25, 0.3) is 0 Å². The zero-order valence-electron chi connectivity index (χ0n) is 17.3.